The second-order valence-electron chi connectivity index (χ2n) is 5.87. The van der Waals surface area contributed by atoms with Gasteiger partial charge < -0.3 is 9.74 Å². The summed E-state index contributed by atoms with van der Waals surface area (Å²) < 4.78 is 50.8. The van der Waals surface area contributed by atoms with Crippen LogP contribution in [0.4, 0.5) is 18.9 Å². The van der Waals surface area contributed by atoms with Crippen LogP contribution >= 0.6 is 0 Å². The lowest BCUT2D eigenvalue weighted by Gasteiger charge is -2.20. The van der Waals surface area contributed by atoms with E-state index in [-0.39, 0.29) is 12.3 Å². The third-order valence-corrected chi connectivity index (χ3v) is 4.95. The number of hydrogen-bond donors (Lipinski definition) is 0. The number of nitrogens with zero attached hydrogens (tertiary/aromatic N) is 5. The molecule has 0 aliphatic rings. The highest BCUT2D eigenvalue weighted by atomic mass is 32.2. The molecule has 2 aromatic heterocycles. The molecule has 0 N–H and O–H groups in total. The van der Waals surface area contributed by atoms with Gasteiger partial charge >= 0.3 is 6.18 Å². The number of alkyl halides is 3. The van der Waals surface area contributed by atoms with Crippen molar-refractivity contribution in [3.8, 4) is 5.69 Å². The van der Waals surface area contributed by atoms with Crippen LogP contribution in [0.15, 0.2) is 35.9 Å². The predicted molar refractivity (Wildman–Crippen MR) is 102 cm³/mol. The Labute approximate surface area is 167 Å². The maximum absolute atomic E-state index is 12.9. The maximum Gasteiger partial charge on any atom is 0.400 e. The summed E-state index contributed by atoms with van der Waals surface area (Å²) in [6.45, 7) is 3.57. The molecule has 12 heteroatoms. The van der Waals surface area contributed by atoms with Crippen LogP contribution in [0.1, 0.15) is 12.6 Å². The van der Waals surface area contributed by atoms with Gasteiger partial charge in [-0.05, 0) is 26.0 Å². The molecule has 0 aliphatic heterocycles. The normalized spacial score (nSPS) is 13.2. The lowest BCUT2D eigenvalue weighted by atomic mass is 10.3. The summed E-state index contributed by atoms with van der Waals surface area (Å²) in [6.07, 6.45) is 0.187. The molecule has 0 aromatic carbocycles. The summed E-state index contributed by atoms with van der Waals surface area (Å²) in [5.41, 5.74) is 1.25. The van der Waals surface area contributed by atoms with E-state index in [0.717, 1.165) is 7.11 Å². The smallest absolute Gasteiger partial charge is 0.399 e. The second-order valence-corrected chi connectivity index (χ2v) is 7.33. The van der Waals surface area contributed by atoms with Crippen molar-refractivity contribution in [2.45, 2.75) is 20.0 Å². The molecule has 0 bridgehead atoms. The monoisotopic (exact) mass is 431 g/mol. The van der Waals surface area contributed by atoms with E-state index in [1.54, 1.807) is 44.6 Å². The molecule has 8 nitrogen and oxygen atoms in total. The van der Waals surface area contributed by atoms with Crippen molar-refractivity contribution in [1.82, 2.24) is 14.8 Å². The molecule has 1 atom stereocenters. The van der Waals surface area contributed by atoms with Gasteiger partial charge in [0, 0.05) is 23.5 Å². The van der Waals surface area contributed by atoms with Crippen molar-refractivity contribution in [3.05, 3.63) is 36.4 Å². The first-order chi connectivity index (χ1) is 13.7. The van der Waals surface area contributed by atoms with Crippen LogP contribution in [-0.4, -0.2) is 61.9 Å². The van der Waals surface area contributed by atoms with Crippen LogP contribution in [-0.2, 0) is 20.4 Å². The number of aryl methyl sites for hydroxylation is 1. The van der Waals surface area contributed by atoms with Crippen molar-refractivity contribution in [3.63, 3.8) is 0 Å². The summed E-state index contributed by atoms with van der Waals surface area (Å²) in [4.78, 5) is 22.8. The van der Waals surface area contributed by atoms with Gasteiger partial charge in [0.15, 0.2) is 5.71 Å². The number of oxime groups is 1. The van der Waals surface area contributed by atoms with Gasteiger partial charge in [-0.1, -0.05) is 5.16 Å². The molecule has 29 heavy (non-hydrogen) atoms. The lowest BCUT2D eigenvalue weighted by molar-refractivity contribution is -0.112. The van der Waals surface area contributed by atoms with Crippen molar-refractivity contribution in [2.75, 3.05) is 30.1 Å². The Morgan fingerprint density at radius 1 is 1.41 bits per heavy atom. The standard InChI is InChI=1S/C17H20F3N5O3S/c1-4-24(15-9-25(22-12(15)2)13-6-5-7-21-8-13)16(26)14(23-28-3)10-29(27)11-17(18,19)20/h5-9H,4,10-11H2,1-3H3/b23-14-. The first kappa shape index (κ1) is 22.5. The Morgan fingerprint density at radius 2 is 2.14 bits per heavy atom. The highest BCUT2D eigenvalue weighted by Gasteiger charge is 2.33. The molecular weight excluding hydrogens is 411 g/mol. The summed E-state index contributed by atoms with van der Waals surface area (Å²) in [6, 6.07) is 3.51. The zero-order valence-electron chi connectivity index (χ0n) is 16.0. The Kier molecular flexibility index (Phi) is 7.48. The zero-order chi connectivity index (χ0) is 21.6. The van der Waals surface area contributed by atoms with E-state index in [1.165, 1.54) is 9.58 Å². The highest BCUT2D eigenvalue weighted by Crippen LogP contribution is 2.22. The highest BCUT2D eigenvalue weighted by molar-refractivity contribution is 7.85. The van der Waals surface area contributed by atoms with Gasteiger partial charge in [-0.15, -0.1) is 0 Å². The minimum absolute atomic E-state index is 0.188. The minimum Gasteiger partial charge on any atom is -0.399 e. The number of rotatable bonds is 8. The Bertz CT molecular complexity index is 899. The third kappa shape index (κ3) is 6.11. The van der Waals surface area contributed by atoms with E-state index in [1.807, 2.05) is 0 Å². The van der Waals surface area contributed by atoms with E-state index in [2.05, 4.69) is 20.1 Å². The van der Waals surface area contributed by atoms with Gasteiger partial charge in [0.1, 0.15) is 12.9 Å². The van der Waals surface area contributed by atoms with E-state index < -0.39 is 34.4 Å². The molecule has 1 unspecified atom stereocenters. The summed E-state index contributed by atoms with van der Waals surface area (Å²) in [7, 11) is -1.20. The summed E-state index contributed by atoms with van der Waals surface area (Å²) in [5.74, 6) is -2.93. The topological polar surface area (TPSA) is 89.7 Å². The average molecular weight is 431 g/mol. The van der Waals surface area contributed by atoms with Gasteiger partial charge in [0.2, 0.25) is 0 Å². The van der Waals surface area contributed by atoms with E-state index in [4.69, 9.17) is 0 Å². The zero-order valence-corrected chi connectivity index (χ0v) is 16.8. The molecule has 158 valence electrons. The third-order valence-electron chi connectivity index (χ3n) is 3.71. The molecule has 2 aromatic rings. The van der Waals surface area contributed by atoms with Crippen LogP contribution in [0.25, 0.3) is 5.69 Å². The van der Waals surface area contributed by atoms with E-state index >= 15 is 0 Å². The van der Waals surface area contributed by atoms with Crippen molar-refractivity contribution in [1.29, 1.82) is 0 Å². The quantitative estimate of drug-likeness (QED) is 0.472. The molecule has 0 spiro atoms. The molecule has 0 fully saturated rings. The van der Waals surface area contributed by atoms with E-state index in [9.17, 15) is 22.2 Å². The Morgan fingerprint density at radius 3 is 2.69 bits per heavy atom. The SMILES string of the molecule is CCN(C(=O)/C(CS(=O)CC(F)(F)F)=N\OC)c1cn(-c2cccnc2)nc1C. The Balaban J connectivity index is 2.29. The van der Waals surface area contributed by atoms with Gasteiger partial charge in [-0.2, -0.15) is 18.3 Å². The van der Waals surface area contributed by atoms with Crippen molar-refractivity contribution < 1.29 is 27.0 Å². The number of aromatic nitrogens is 3. The number of halogens is 3. The molecule has 2 rings (SSSR count). The van der Waals surface area contributed by atoms with Crippen molar-refractivity contribution >= 4 is 28.1 Å². The second kappa shape index (κ2) is 9.63. The number of carbonyl (C=O) groups excluding carboxylic acids is 1. The first-order valence-corrected chi connectivity index (χ1v) is 9.95. The average Bonchev–Trinajstić information content (AvgIpc) is 3.03. The number of pyridine rings is 1. The molecule has 0 aliphatic carbocycles. The Hall–Kier alpha value is -2.76. The van der Waals surface area contributed by atoms with Gasteiger partial charge in [-0.25, -0.2) is 4.68 Å². The fraction of sp³-hybridized carbons (Fsp3) is 0.412. The molecule has 1 amide bonds. The van der Waals surface area contributed by atoms with Gasteiger partial charge in [0.25, 0.3) is 5.91 Å². The van der Waals surface area contributed by atoms with E-state index in [0.29, 0.717) is 17.1 Å². The number of anilines is 1. The number of amides is 1. The number of hydrogen-bond acceptors (Lipinski definition) is 6. The number of carbonyl (C=O) groups is 1. The van der Waals surface area contributed by atoms with Crippen LogP contribution < -0.4 is 4.90 Å². The van der Waals surface area contributed by atoms with Gasteiger partial charge in [0.05, 0.1) is 35.2 Å². The fourth-order valence-corrected chi connectivity index (χ4v) is 3.49. The molecule has 0 radical (unpaired) electrons. The summed E-state index contributed by atoms with van der Waals surface area (Å²) in [5, 5.41) is 7.86. The van der Waals surface area contributed by atoms with Crippen molar-refractivity contribution in [2.24, 2.45) is 5.16 Å². The molecule has 2 heterocycles. The van der Waals surface area contributed by atoms with Crippen LogP contribution in [0.2, 0.25) is 0 Å². The molecule has 0 saturated carbocycles. The molecule has 0 saturated heterocycles. The predicted octanol–water partition coefficient (Wildman–Crippen LogP) is 2.24. The first-order valence-electron chi connectivity index (χ1n) is 8.46. The lowest BCUT2D eigenvalue weighted by Crippen LogP contribution is -2.40. The fourth-order valence-electron chi connectivity index (χ4n) is 2.54. The molecular formula is C17H20F3N5O3S. The van der Waals surface area contributed by atoms with Crippen LogP contribution in [0.3, 0.4) is 0 Å². The largest absolute Gasteiger partial charge is 0.400 e. The van der Waals surface area contributed by atoms with Crippen LogP contribution in [0.5, 0.6) is 0 Å². The maximum atomic E-state index is 12.9. The van der Waals surface area contributed by atoms with Gasteiger partial charge in [-0.3, -0.25) is 14.0 Å². The summed E-state index contributed by atoms with van der Waals surface area (Å²) >= 11 is 0. The minimum atomic E-state index is -4.61. The van der Waals surface area contributed by atoms with Crippen LogP contribution in [0, 0.1) is 6.92 Å².